The molecule has 0 aliphatic rings. The summed E-state index contributed by atoms with van der Waals surface area (Å²) in [5.74, 6) is 1.45. The fourth-order valence-corrected chi connectivity index (χ4v) is 5.83. The molecule has 8 rings (SSSR count). The van der Waals surface area contributed by atoms with E-state index < -0.39 is 0 Å². The summed E-state index contributed by atoms with van der Waals surface area (Å²) in [6, 6.07) is 25.7. The van der Waals surface area contributed by atoms with Crippen molar-refractivity contribution in [3.63, 3.8) is 0 Å². The largest absolute Gasteiger partial charge is 0.276 e. The van der Waals surface area contributed by atoms with Gasteiger partial charge in [0.15, 0.2) is 11.6 Å². The van der Waals surface area contributed by atoms with Crippen LogP contribution in [0, 0.1) is 0 Å². The summed E-state index contributed by atoms with van der Waals surface area (Å²) in [7, 11) is 0. The van der Waals surface area contributed by atoms with Gasteiger partial charge in [0.05, 0.1) is 27.9 Å². The Bertz CT molecular complexity index is 2320. The normalized spacial score (nSPS) is 11.9. The predicted octanol–water partition coefficient (Wildman–Crippen LogP) is 5.52. The zero-order valence-electron chi connectivity index (χ0n) is 25.3. The number of tetrazole rings is 2. The zero-order valence-corrected chi connectivity index (χ0v) is 27.1. The maximum Gasteiger partial charge on any atom is 0.238 e. The minimum Gasteiger partial charge on any atom is -0.276 e. The first-order valence-electron chi connectivity index (χ1n) is 14.6. The molecular weight excluding hydrogens is 631 g/mol. The van der Waals surface area contributed by atoms with E-state index in [-0.39, 0.29) is 5.41 Å². The molecule has 0 saturated carbocycles. The van der Waals surface area contributed by atoms with Crippen LogP contribution in [-0.2, 0) is 5.41 Å². The summed E-state index contributed by atoms with van der Waals surface area (Å²) in [5.41, 5.74) is 6.96. The van der Waals surface area contributed by atoms with Crippen LogP contribution >= 0.6 is 25.3 Å². The van der Waals surface area contributed by atoms with E-state index in [9.17, 15) is 0 Å². The van der Waals surface area contributed by atoms with Crippen molar-refractivity contribution in [2.45, 2.75) is 36.5 Å². The first-order valence-corrected chi connectivity index (χ1v) is 15.5. The van der Waals surface area contributed by atoms with Crippen LogP contribution in [0.25, 0.3) is 62.0 Å². The second kappa shape index (κ2) is 11.1. The van der Waals surface area contributed by atoms with Gasteiger partial charge in [0.1, 0.15) is 0 Å². The molecule has 0 amide bonds. The lowest BCUT2D eigenvalue weighted by Crippen LogP contribution is -2.10. The van der Waals surface area contributed by atoms with Gasteiger partial charge in [-0.2, -0.15) is 19.3 Å². The highest BCUT2D eigenvalue weighted by atomic mass is 32.1. The topological polar surface area (TPSA) is 144 Å². The predicted molar refractivity (Wildman–Crippen MR) is 181 cm³/mol. The summed E-state index contributed by atoms with van der Waals surface area (Å²) < 4.78 is 5.12. The monoisotopic (exact) mass is 655 g/mol. The van der Waals surface area contributed by atoms with Gasteiger partial charge in [-0.1, -0.05) is 26.8 Å². The molecule has 15 heteroatoms. The van der Waals surface area contributed by atoms with Gasteiger partial charge in [0.25, 0.3) is 0 Å². The molecule has 0 fully saturated rings. The minimum atomic E-state index is -0.0325. The molecule has 0 atom stereocenters. The number of hydrogen-bond acceptors (Lipinski definition) is 12. The number of pyridine rings is 1. The molecule has 0 bridgehead atoms. The molecule has 0 radical (unpaired) electrons. The van der Waals surface area contributed by atoms with Crippen LogP contribution in [0.1, 0.15) is 26.3 Å². The standard InChI is InChI=1S/C32H25N13S2/c1-32(2,3)20-10-15-24-23(17-20)26-25(5-4-16-33-26)43(24)29-35-27(18-6-11-21(12-7-18)44-30(46)37-39-41-44)34-28(36-29)19-8-13-22(14-9-19)45-31(47)38-40-42-45/h4-17H,1-3H3,(H,37,41,46)(H,38,42,47). The van der Waals surface area contributed by atoms with Crippen molar-refractivity contribution in [3.05, 3.63) is 90.6 Å². The lowest BCUT2D eigenvalue weighted by atomic mass is 9.86. The second-order valence-corrected chi connectivity index (χ2v) is 12.6. The maximum absolute atomic E-state index is 5.03. The highest BCUT2D eigenvalue weighted by molar-refractivity contribution is 7.80. The average molecular weight is 656 g/mol. The molecule has 0 N–H and O–H groups in total. The van der Waals surface area contributed by atoms with Crippen molar-refractivity contribution in [2.24, 2.45) is 0 Å². The summed E-state index contributed by atoms with van der Waals surface area (Å²) in [4.78, 5) is 19.8. The van der Waals surface area contributed by atoms with E-state index in [2.05, 4.69) is 95.3 Å². The molecule has 47 heavy (non-hydrogen) atoms. The average Bonchev–Trinajstić information content (AvgIpc) is 3.80. The number of nitrogens with zero attached hydrogens (tertiary/aromatic N) is 13. The Kier molecular flexibility index (Phi) is 6.80. The molecule has 13 nitrogen and oxygen atoms in total. The molecule has 230 valence electrons. The smallest absolute Gasteiger partial charge is 0.238 e. The summed E-state index contributed by atoms with van der Waals surface area (Å²) in [5, 5.41) is 24.9. The van der Waals surface area contributed by atoms with Gasteiger partial charge in [-0.15, -0.1) is 35.5 Å². The number of rotatable bonds is 5. The molecule has 5 heterocycles. The molecule has 0 aliphatic carbocycles. The van der Waals surface area contributed by atoms with Crippen LogP contribution in [0.2, 0.25) is 0 Å². The number of benzene rings is 3. The summed E-state index contributed by atoms with van der Waals surface area (Å²) in [6.07, 6.45) is 1.81. The number of thiol groups is 2. The molecule has 0 unspecified atom stereocenters. The van der Waals surface area contributed by atoms with Gasteiger partial charge in [-0.05, 0) is 105 Å². The highest BCUT2D eigenvalue weighted by Gasteiger charge is 2.21. The molecule has 0 aliphatic heterocycles. The zero-order chi connectivity index (χ0) is 32.3. The van der Waals surface area contributed by atoms with Crippen molar-refractivity contribution in [1.29, 1.82) is 0 Å². The first kappa shape index (κ1) is 28.9. The van der Waals surface area contributed by atoms with Crippen LogP contribution in [0.15, 0.2) is 95.4 Å². The molecular formula is C32H25N13S2. The minimum absolute atomic E-state index is 0.0325. The highest BCUT2D eigenvalue weighted by Crippen LogP contribution is 2.34. The molecule has 5 aromatic heterocycles. The number of fused-ring (bicyclic) bond motifs is 3. The van der Waals surface area contributed by atoms with Gasteiger partial charge in [-0.3, -0.25) is 9.55 Å². The van der Waals surface area contributed by atoms with Crippen LogP contribution < -0.4 is 0 Å². The Morgan fingerprint density at radius 3 is 1.72 bits per heavy atom. The van der Waals surface area contributed by atoms with Crippen LogP contribution in [0.4, 0.5) is 0 Å². The summed E-state index contributed by atoms with van der Waals surface area (Å²) in [6.45, 7) is 6.61. The van der Waals surface area contributed by atoms with Crippen molar-refractivity contribution in [2.75, 3.05) is 0 Å². The third-order valence-corrected chi connectivity index (χ3v) is 8.41. The Morgan fingerprint density at radius 2 is 1.21 bits per heavy atom. The summed E-state index contributed by atoms with van der Waals surface area (Å²) >= 11 is 8.68. The second-order valence-electron chi connectivity index (χ2n) is 11.8. The van der Waals surface area contributed by atoms with Crippen molar-refractivity contribution in [3.8, 4) is 40.1 Å². The van der Waals surface area contributed by atoms with Gasteiger partial charge >= 0.3 is 0 Å². The lowest BCUT2D eigenvalue weighted by molar-refractivity contribution is 0.591. The SMILES string of the molecule is CC(C)(C)c1ccc2c(c1)c1ncccc1n2-c1nc(-c2ccc(-n3nnnc3S)cc2)nc(-c2ccc(-n3nnnc3S)cc2)n1. The maximum atomic E-state index is 5.03. The number of aromatic nitrogens is 13. The lowest BCUT2D eigenvalue weighted by Gasteiger charge is -2.19. The van der Waals surface area contributed by atoms with E-state index in [4.69, 9.17) is 19.9 Å². The van der Waals surface area contributed by atoms with E-state index in [1.165, 1.54) is 14.9 Å². The number of hydrogen-bond donors (Lipinski definition) is 2. The third-order valence-electron chi connectivity index (χ3n) is 7.86. The van der Waals surface area contributed by atoms with Gasteiger partial charge in [0, 0.05) is 22.7 Å². The fourth-order valence-electron chi connectivity index (χ4n) is 5.44. The van der Waals surface area contributed by atoms with E-state index in [0.717, 1.165) is 44.4 Å². The van der Waals surface area contributed by atoms with E-state index in [1.807, 2.05) is 71.4 Å². The Morgan fingerprint density at radius 1 is 0.638 bits per heavy atom. The van der Waals surface area contributed by atoms with E-state index in [1.54, 1.807) is 0 Å². The van der Waals surface area contributed by atoms with Gasteiger partial charge in [-0.25, -0.2) is 4.98 Å². The molecule has 0 spiro atoms. The van der Waals surface area contributed by atoms with E-state index >= 15 is 0 Å². The quantitative estimate of drug-likeness (QED) is 0.227. The third kappa shape index (κ3) is 5.09. The fraction of sp³-hybridized carbons (Fsp3) is 0.125. The first-order chi connectivity index (χ1) is 22.7. The Balaban J connectivity index is 1.32. The van der Waals surface area contributed by atoms with Crippen molar-refractivity contribution in [1.82, 2.24) is 64.9 Å². The van der Waals surface area contributed by atoms with Crippen LogP contribution in [0.3, 0.4) is 0 Å². The van der Waals surface area contributed by atoms with E-state index in [0.29, 0.717) is 27.9 Å². The van der Waals surface area contributed by atoms with Crippen LogP contribution in [-0.4, -0.2) is 64.9 Å². The van der Waals surface area contributed by atoms with Crippen molar-refractivity contribution < 1.29 is 0 Å². The Hall–Kier alpha value is -5.54. The molecule has 3 aromatic carbocycles. The van der Waals surface area contributed by atoms with Crippen LogP contribution in [0.5, 0.6) is 0 Å². The van der Waals surface area contributed by atoms with Gasteiger partial charge in [0.2, 0.25) is 16.3 Å². The van der Waals surface area contributed by atoms with Crippen molar-refractivity contribution >= 4 is 47.2 Å². The molecule has 0 saturated heterocycles. The molecule has 8 aromatic rings. The van der Waals surface area contributed by atoms with Gasteiger partial charge < -0.3 is 0 Å². The Labute approximate surface area is 278 Å².